The minimum Gasteiger partial charge on any atom is -0.379 e. The molecule has 3 heterocycles. The van der Waals surface area contributed by atoms with E-state index in [0.29, 0.717) is 18.3 Å². The fraction of sp³-hybridized carbons (Fsp3) is 0.478. The molecule has 182 valence electrons. The van der Waals surface area contributed by atoms with E-state index in [4.69, 9.17) is 10.5 Å². The summed E-state index contributed by atoms with van der Waals surface area (Å²) in [4.78, 5) is 38.5. The highest BCUT2D eigenvalue weighted by molar-refractivity contribution is 5.97. The van der Waals surface area contributed by atoms with Crippen molar-refractivity contribution in [2.45, 2.75) is 6.92 Å². The number of ether oxygens (including phenoxy) is 1. The maximum atomic E-state index is 11.8. The molecule has 0 atom stereocenters. The Hall–Kier alpha value is -3.44. The third kappa shape index (κ3) is 6.12. The van der Waals surface area contributed by atoms with Gasteiger partial charge in [0.1, 0.15) is 5.82 Å². The van der Waals surface area contributed by atoms with Crippen LogP contribution in [0.2, 0.25) is 0 Å². The van der Waals surface area contributed by atoms with Crippen LogP contribution in [0, 0.1) is 0 Å². The smallest absolute Gasteiger partial charge is 0.254 e. The second-order valence-electron chi connectivity index (χ2n) is 8.37. The molecule has 0 saturated carbocycles. The molecule has 0 unspecified atom stereocenters. The highest BCUT2D eigenvalue weighted by Crippen LogP contribution is 2.22. The standard InChI is InChI=1S/C23H32N8O3/c1-17(32)30-8-10-31(11-9-30)19-4-2-18(3-5-19)27-23-26-16-20(21(24)33)22(28-23)25-6-7-29-12-14-34-15-13-29/h2-5,16H,6-15H2,1H3,(H2,24,33)(H2,25,26,27,28). The predicted octanol–water partition coefficient (Wildman–Crippen LogP) is 0.732. The molecule has 4 N–H and O–H groups in total. The fourth-order valence-electron chi connectivity index (χ4n) is 4.08. The second-order valence-corrected chi connectivity index (χ2v) is 8.37. The van der Waals surface area contributed by atoms with Crippen molar-refractivity contribution >= 4 is 35.0 Å². The Labute approximate surface area is 199 Å². The molecule has 2 aliphatic rings. The molecular weight excluding hydrogens is 436 g/mol. The van der Waals surface area contributed by atoms with Gasteiger partial charge < -0.3 is 30.9 Å². The van der Waals surface area contributed by atoms with Gasteiger partial charge in [0.25, 0.3) is 5.91 Å². The SMILES string of the molecule is CC(=O)N1CCN(c2ccc(Nc3ncc(C(N)=O)c(NCCN4CCOCC4)n3)cc2)CC1. The second kappa shape index (κ2) is 11.1. The van der Waals surface area contributed by atoms with Gasteiger partial charge in [-0.05, 0) is 24.3 Å². The molecule has 11 nitrogen and oxygen atoms in total. The predicted molar refractivity (Wildman–Crippen MR) is 130 cm³/mol. The zero-order valence-corrected chi connectivity index (χ0v) is 19.5. The molecule has 11 heteroatoms. The first-order valence-corrected chi connectivity index (χ1v) is 11.6. The van der Waals surface area contributed by atoms with Crippen LogP contribution in [0.4, 0.5) is 23.1 Å². The lowest BCUT2D eigenvalue weighted by Gasteiger charge is -2.35. The van der Waals surface area contributed by atoms with Gasteiger partial charge in [0.15, 0.2) is 0 Å². The van der Waals surface area contributed by atoms with Crippen molar-refractivity contribution in [3.05, 3.63) is 36.0 Å². The van der Waals surface area contributed by atoms with Gasteiger partial charge in [-0.15, -0.1) is 0 Å². The number of hydrogen-bond donors (Lipinski definition) is 3. The van der Waals surface area contributed by atoms with Crippen molar-refractivity contribution in [1.82, 2.24) is 19.8 Å². The molecule has 0 spiro atoms. The van der Waals surface area contributed by atoms with Gasteiger partial charge in [-0.1, -0.05) is 0 Å². The molecule has 2 aliphatic heterocycles. The number of morpholine rings is 1. The van der Waals surface area contributed by atoms with Crippen LogP contribution < -0.4 is 21.3 Å². The van der Waals surface area contributed by atoms with Crippen molar-refractivity contribution in [3.8, 4) is 0 Å². The number of nitrogens with zero attached hydrogens (tertiary/aromatic N) is 5. The van der Waals surface area contributed by atoms with Gasteiger partial charge in [0.2, 0.25) is 11.9 Å². The Morgan fingerprint density at radius 1 is 1.06 bits per heavy atom. The van der Waals surface area contributed by atoms with Crippen LogP contribution in [0.25, 0.3) is 0 Å². The number of nitrogens with two attached hydrogens (primary N) is 1. The summed E-state index contributed by atoms with van der Waals surface area (Å²) in [5.74, 6) is 0.339. The zero-order chi connectivity index (χ0) is 23.9. The van der Waals surface area contributed by atoms with E-state index >= 15 is 0 Å². The molecule has 2 saturated heterocycles. The summed E-state index contributed by atoms with van der Waals surface area (Å²) in [6, 6.07) is 7.99. The maximum absolute atomic E-state index is 11.8. The van der Waals surface area contributed by atoms with E-state index in [1.165, 1.54) is 6.20 Å². The fourth-order valence-corrected chi connectivity index (χ4v) is 4.08. The quantitative estimate of drug-likeness (QED) is 0.513. The van der Waals surface area contributed by atoms with E-state index in [2.05, 4.69) is 30.4 Å². The number of carbonyl (C=O) groups is 2. The zero-order valence-electron chi connectivity index (χ0n) is 19.5. The van der Waals surface area contributed by atoms with E-state index in [-0.39, 0.29) is 11.5 Å². The number of primary amides is 1. The van der Waals surface area contributed by atoms with Crippen LogP contribution in [0.15, 0.2) is 30.5 Å². The normalized spacial score (nSPS) is 16.9. The Bertz CT molecular complexity index is 986. The number of nitrogens with one attached hydrogen (secondary N) is 2. The largest absolute Gasteiger partial charge is 0.379 e. The van der Waals surface area contributed by atoms with Crippen LogP contribution in [0.5, 0.6) is 0 Å². The number of rotatable bonds is 8. The van der Waals surface area contributed by atoms with Crippen LogP contribution in [0.1, 0.15) is 17.3 Å². The van der Waals surface area contributed by atoms with Crippen LogP contribution in [-0.2, 0) is 9.53 Å². The summed E-state index contributed by atoms with van der Waals surface area (Å²) in [5, 5.41) is 6.41. The minimum atomic E-state index is -0.574. The number of amides is 2. The lowest BCUT2D eigenvalue weighted by Crippen LogP contribution is -2.48. The molecule has 2 aromatic rings. The Morgan fingerprint density at radius 3 is 2.41 bits per heavy atom. The molecular formula is C23H32N8O3. The van der Waals surface area contributed by atoms with Crippen molar-refractivity contribution in [2.75, 3.05) is 81.1 Å². The summed E-state index contributed by atoms with van der Waals surface area (Å²) < 4.78 is 5.37. The lowest BCUT2D eigenvalue weighted by molar-refractivity contribution is -0.129. The number of benzene rings is 1. The molecule has 4 rings (SSSR count). The number of piperazine rings is 1. The van der Waals surface area contributed by atoms with Crippen molar-refractivity contribution in [3.63, 3.8) is 0 Å². The topological polar surface area (TPSA) is 129 Å². The first-order valence-electron chi connectivity index (χ1n) is 11.6. The molecule has 1 aromatic heterocycles. The molecule has 2 fully saturated rings. The Morgan fingerprint density at radius 2 is 1.76 bits per heavy atom. The number of hydrogen-bond acceptors (Lipinski definition) is 9. The van der Waals surface area contributed by atoms with Crippen LogP contribution in [0.3, 0.4) is 0 Å². The average molecular weight is 469 g/mol. The highest BCUT2D eigenvalue weighted by atomic mass is 16.5. The van der Waals surface area contributed by atoms with E-state index in [0.717, 1.165) is 70.4 Å². The van der Waals surface area contributed by atoms with Gasteiger partial charge in [-0.2, -0.15) is 4.98 Å². The molecule has 0 radical (unpaired) electrons. The van der Waals surface area contributed by atoms with Crippen LogP contribution in [-0.4, -0.2) is 97.2 Å². The monoisotopic (exact) mass is 468 g/mol. The lowest BCUT2D eigenvalue weighted by atomic mass is 10.2. The van der Waals surface area contributed by atoms with Gasteiger partial charge >= 0.3 is 0 Å². The number of carbonyl (C=O) groups excluding carboxylic acids is 2. The highest BCUT2D eigenvalue weighted by Gasteiger charge is 2.19. The molecule has 1 aromatic carbocycles. The molecule has 0 bridgehead atoms. The van der Waals surface area contributed by atoms with Crippen LogP contribution >= 0.6 is 0 Å². The van der Waals surface area contributed by atoms with E-state index < -0.39 is 5.91 Å². The van der Waals surface area contributed by atoms with E-state index in [1.807, 2.05) is 29.2 Å². The van der Waals surface area contributed by atoms with E-state index in [1.54, 1.807) is 6.92 Å². The Balaban J connectivity index is 1.36. The van der Waals surface area contributed by atoms with Crippen molar-refractivity contribution in [2.24, 2.45) is 5.73 Å². The van der Waals surface area contributed by atoms with Gasteiger partial charge in [-0.3, -0.25) is 14.5 Å². The average Bonchev–Trinajstić information content (AvgIpc) is 2.85. The summed E-state index contributed by atoms with van der Waals surface area (Å²) in [6.45, 7) is 9.40. The minimum absolute atomic E-state index is 0.122. The number of anilines is 4. The number of aromatic nitrogens is 2. The summed E-state index contributed by atoms with van der Waals surface area (Å²) >= 11 is 0. The van der Waals surface area contributed by atoms with Gasteiger partial charge in [-0.25, -0.2) is 4.98 Å². The summed E-state index contributed by atoms with van der Waals surface area (Å²) in [6.07, 6.45) is 1.44. The van der Waals surface area contributed by atoms with Gasteiger partial charge in [0, 0.05) is 76.9 Å². The summed E-state index contributed by atoms with van der Waals surface area (Å²) in [7, 11) is 0. The van der Waals surface area contributed by atoms with Crippen molar-refractivity contribution in [1.29, 1.82) is 0 Å². The third-order valence-electron chi connectivity index (χ3n) is 6.09. The molecule has 34 heavy (non-hydrogen) atoms. The van der Waals surface area contributed by atoms with Gasteiger partial charge in [0.05, 0.1) is 18.8 Å². The first-order chi connectivity index (χ1) is 16.5. The summed E-state index contributed by atoms with van der Waals surface area (Å²) in [5.41, 5.74) is 7.70. The van der Waals surface area contributed by atoms with E-state index in [9.17, 15) is 9.59 Å². The molecule has 0 aliphatic carbocycles. The molecule has 2 amide bonds. The van der Waals surface area contributed by atoms with Crippen molar-refractivity contribution < 1.29 is 14.3 Å². The third-order valence-corrected chi connectivity index (χ3v) is 6.09. The maximum Gasteiger partial charge on any atom is 0.254 e. The Kier molecular flexibility index (Phi) is 7.76. The first kappa shape index (κ1) is 23.7.